The molecule has 0 atom stereocenters. The van der Waals surface area contributed by atoms with E-state index in [1.807, 2.05) is 24.3 Å². The summed E-state index contributed by atoms with van der Waals surface area (Å²) in [5.74, 6) is -0.789. The van der Waals surface area contributed by atoms with Crippen molar-refractivity contribution in [1.29, 1.82) is 0 Å². The average molecular weight is 341 g/mol. The zero-order chi connectivity index (χ0) is 14.8. The van der Waals surface area contributed by atoms with Crippen LogP contribution in [0.3, 0.4) is 0 Å². The van der Waals surface area contributed by atoms with Gasteiger partial charge >= 0.3 is 12.0 Å². The van der Waals surface area contributed by atoms with Crippen molar-refractivity contribution in [2.75, 3.05) is 18.4 Å². The molecule has 2 rings (SSSR count). The smallest absolute Gasteiger partial charge is 0.321 e. The van der Waals surface area contributed by atoms with Gasteiger partial charge in [0.1, 0.15) is 0 Å². The van der Waals surface area contributed by atoms with E-state index in [0.29, 0.717) is 31.6 Å². The van der Waals surface area contributed by atoms with E-state index in [1.54, 1.807) is 11.8 Å². The quantitative estimate of drug-likeness (QED) is 0.868. The van der Waals surface area contributed by atoms with E-state index in [0.717, 1.165) is 4.47 Å². The fourth-order valence-electron chi connectivity index (χ4n) is 2.17. The van der Waals surface area contributed by atoms with Crippen LogP contribution in [-0.4, -0.2) is 35.1 Å². The number of hydrogen-bond donors (Lipinski definition) is 2. The first kappa shape index (κ1) is 14.8. The number of nitrogens with one attached hydrogen (secondary N) is 1. The third kappa shape index (κ3) is 3.12. The summed E-state index contributed by atoms with van der Waals surface area (Å²) in [5.41, 5.74) is -0.00604. The molecule has 1 aromatic rings. The summed E-state index contributed by atoms with van der Waals surface area (Å²) in [4.78, 5) is 25.0. The number of benzene rings is 1. The fourth-order valence-corrected chi connectivity index (χ4v) is 2.56. The minimum atomic E-state index is -0.789. The molecule has 108 valence electrons. The van der Waals surface area contributed by atoms with Gasteiger partial charge in [-0.05, 0) is 47.8 Å². The maximum absolute atomic E-state index is 12.1. The fraction of sp³-hybridized carbons (Fsp3) is 0.429. The predicted molar refractivity (Wildman–Crippen MR) is 79.7 cm³/mol. The van der Waals surface area contributed by atoms with Crippen molar-refractivity contribution in [3.8, 4) is 0 Å². The molecule has 0 unspecified atom stereocenters. The van der Waals surface area contributed by atoms with Crippen LogP contribution in [0.5, 0.6) is 0 Å². The van der Waals surface area contributed by atoms with E-state index in [9.17, 15) is 9.59 Å². The van der Waals surface area contributed by atoms with Crippen molar-refractivity contribution in [1.82, 2.24) is 4.90 Å². The Morgan fingerprint density at radius 1 is 1.30 bits per heavy atom. The molecule has 0 aromatic heterocycles. The maximum atomic E-state index is 12.1. The van der Waals surface area contributed by atoms with Gasteiger partial charge in [-0.2, -0.15) is 0 Å². The van der Waals surface area contributed by atoms with Crippen LogP contribution in [0.1, 0.15) is 19.8 Å². The number of carbonyl (C=O) groups excluding carboxylic acids is 1. The maximum Gasteiger partial charge on any atom is 0.321 e. The number of aliphatic carboxylic acids is 1. The molecule has 0 spiro atoms. The Morgan fingerprint density at radius 3 is 2.45 bits per heavy atom. The molecular weight excluding hydrogens is 324 g/mol. The molecule has 1 aliphatic rings. The van der Waals surface area contributed by atoms with Gasteiger partial charge in [-0.1, -0.05) is 12.1 Å². The van der Waals surface area contributed by atoms with Gasteiger partial charge in [-0.25, -0.2) is 4.79 Å². The van der Waals surface area contributed by atoms with Crippen molar-refractivity contribution >= 4 is 33.6 Å². The van der Waals surface area contributed by atoms with Gasteiger partial charge in [-0.15, -0.1) is 0 Å². The Morgan fingerprint density at radius 2 is 1.90 bits per heavy atom. The highest BCUT2D eigenvalue weighted by molar-refractivity contribution is 9.10. The summed E-state index contributed by atoms with van der Waals surface area (Å²) in [6.45, 7) is 2.65. The van der Waals surface area contributed by atoms with E-state index >= 15 is 0 Å². The van der Waals surface area contributed by atoms with Gasteiger partial charge in [0.15, 0.2) is 0 Å². The first-order chi connectivity index (χ1) is 9.42. The summed E-state index contributed by atoms with van der Waals surface area (Å²) in [7, 11) is 0. The molecule has 0 radical (unpaired) electrons. The van der Waals surface area contributed by atoms with E-state index < -0.39 is 11.4 Å². The van der Waals surface area contributed by atoms with Gasteiger partial charge in [-0.3, -0.25) is 4.79 Å². The highest BCUT2D eigenvalue weighted by Gasteiger charge is 2.38. The van der Waals surface area contributed by atoms with Crippen LogP contribution >= 0.6 is 15.9 Å². The molecule has 20 heavy (non-hydrogen) atoms. The second kappa shape index (κ2) is 5.83. The van der Waals surface area contributed by atoms with Crippen LogP contribution in [0.2, 0.25) is 0 Å². The molecule has 0 aliphatic carbocycles. The Hall–Kier alpha value is -1.56. The third-order valence-electron chi connectivity index (χ3n) is 3.79. The molecule has 1 saturated heterocycles. The van der Waals surface area contributed by atoms with E-state index in [2.05, 4.69) is 21.2 Å². The lowest BCUT2D eigenvalue weighted by Crippen LogP contribution is -2.46. The lowest BCUT2D eigenvalue weighted by Gasteiger charge is -2.36. The van der Waals surface area contributed by atoms with Crippen LogP contribution in [-0.2, 0) is 4.79 Å². The van der Waals surface area contributed by atoms with E-state index in [4.69, 9.17) is 5.11 Å². The second-order valence-corrected chi connectivity index (χ2v) is 6.12. The van der Waals surface area contributed by atoms with Gasteiger partial charge in [0, 0.05) is 17.6 Å². The molecule has 5 nitrogen and oxygen atoms in total. The SMILES string of the molecule is CC1(C(=O)O)CCN(C(=O)Nc2ccccc2Br)CC1. The van der Waals surface area contributed by atoms with Gasteiger partial charge in [0.2, 0.25) is 0 Å². The number of urea groups is 1. The normalized spacial score (nSPS) is 17.6. The van der Waals surface area contributed by atoms with Crippen LogP contribution < -0.4 is 5.32 Å². The number of carboxylic acid groups (broad SMARTS) is 1. The number of amides is 2. The number of nitrogens with zero attached hydrogens (tertiary/aromatic N) is 1. The molecule has 1 aliphatic heterocycles. The standard InChI is InChI=1S/C14H17BrN2O3/c1-14(12(18)19)6-8-17(9-7-14)13(20)16-11-5-3-2-4-10(11)15/h2-5H,6-9H2,1H3,(H,16,20)(H,18,19). The second-order valence-electron chi connectivity index (χ2n) is 5.26. The Kier molecular flexibility index (Phi) is 4.32. The summed E-state index contributed by atoms with van der Waals surface area (Å²) in [5, 5.41) is 12.0. The molecule has 2 amide bonds. The van der Waals surface area contributed by atoms with Crippen molar-refractivity contribution in [2.24, 2.45) is 5.41 Å². The number of anilines is 1. The minimum Gasteiger partial charge on any atom is -0.481 e. The topological polar surface area (TPSA) is 69.6 Å². The number of hydrogen-bond acceptors (Lipinski definition) is 2. The van der Waals surface area contributed by atoms with E-state index in [1.165, 1.54) is 0 Å². The lowest BCUT2D eigenvalue weighted by atomic mass is 9.80. The largest absolute Gasteiger partial charge is 0.481 e. The zero-order valence-corrected chi connectivity index (χ0v) is 12.8. The summed E-state index contributed by atoms with van der Waals surface area (Å²) in [6, 6.07) is 7.20. The van der Waals surface area contributed by atoms with Crippen LogP contribution in [0.25, 0.3) is 0 Å². The molecule has 2 N–H and O–H groups in total. The lowest BCUT2D eigenvalue weighted by molar-refractivity contribution is -0.150. The van der Waals surface area contributed by atoms with Gasteiger partial charge in [0.05, 0.1) is 11.1 Å². The highest BCUT2D eigenvalue weighted by Crippen LogP contribution is 2.31. The Bertz CT molecular complexity index is 525. The predicted octanol–water partition coefficient (Wildman–Crippen LogP) is 3.17. The molecular formula is C14H17BrN2O3. The van der Waals surface area contributed by atoms with Crippen LogP contribution in [0.15, 0.2) is 28.7 Å². The monoisotopic (exact) mass is 340 g/mol. The van der Waals surface area contributed by atoms with Crippen molar-refractivity contribution in [2.45, 2.75) is 19.8 Å². The van der Waals surface area contributed by atoms with Crippen molar-refractivity contribution in [3.63, 3.8) is 0 Å². The van der Waals surface area contributed by atoms with Crippen molar-refractivity contribution in [3.05, 3.63) is 28.7 Å². The van der Waals surface area contributed by atoms with Gasteiger partial charge in [0.25, 0.3) is 0 Å². The molecule has 6 heteroatoms. The van der Waals surface area contributed by atoms with Crippen LogP contribution in [0, 0.1) is 5.41 Å². The summed E-state index contributed by atoms with van der Waals surface area (Å²) < 4.78 is 0.820. The number of carboxylic acids is 1. The molecule has 1 aromatic carbocycles. The summed E-state index contributed by atoms with van der Waals surface area (Å²) in [6.07, 6.45) is 0.956. The average Bonchev–Trinajstić information content (AvgIpc) is 2.42. The number of piperidine rings is 1. The molecule has 0 bridgehead atoms. The zero-order valence-electron chi connectivity index (χ0n) is 11.2. The molecule has 1 fully saturated rings. The summed E-state index contributed by atoms with van der Waals surface area (Å²) >= 11 is 3.37. The number of para-hydroxylation sites is 1. The van der Waals surface area contributed by atoms with Crippen LogP contribution in [0.4, 0.5) is 10.5 Å². The molecule has 0 saturated carbocycles. The molecule has 1 heterocycles. The highest BCUT2D eigenvalue weighted by atomic mass is 79.9. The van der Waals surface area contributed by atoms with Gasteiger partial charge < -0.3 is 15.3 Å². The minimum absolute atomic E-state index is 0.190. The van der Waals surface area contributed by atoms with E-state index in [-0.39, 0.29) is 6.03 Å². The number of rotatable bonds is 2. The first-order valence-corrected chi connectivity index (χ1v) is 7.25. The first-order valence-electron chi connectivity index (χ1n) is 6.46. The number of halogens is 1. The number of carbonyl (C=O) groups is 2. The Balaban J connectivity index is 1.96. The number of likely N-dealkylation sites (tertiary alicyclic amines) is 1. The van der Waals surface area contributed by atoms with Crippen molar-refractivity contribution < 1.29 is 14.7 Å². The Labute approximate surface area is 126 Å². The third-order valence-corrected chi connectivity index (χ3v) is 4.48.